The van der Waals surface area contributed by atoms with Crippen LogP contribution in [0.25, 0.3) is 0 Å². The predicted octanol–water partition coefficient (Wildman–Crippen LogP) is 1.14. The Kier molecular flexibility index (Phi) is 13.5. The molecule has 1 aliphatic carbocycles. The van der Waals surface area contributed by atoms with Crippen LogP contribution in [0.2, 0.25) is 0 Å². The van der Waals surface area contributed by atoms with Crippen LogP contribution in [-0.2, 0) is 36.9 Å². The van der Waals surface area contributed by atoms with E-state index in [1.165, 1.54) is 6.08 Å². The molecule has 0 bridgehead atoms. The van der Waals surface area contributed by atoms with E-state index in [4.69, 9.17) is 14.0 Å². The van der Waals surface area contributed by atoms with Crippen LogP contribution in [0.5, 0.6) is 0 Å². The van der Waals surface area contributed by atoms with E-state index in [0.29, 0.717) is 11.1 Å². The van der Waals surface area contributed by atoms with E-state index in [0.717, 1.165) is 0 Å². The zero-order valence-electron chi connectivity index (χ0n) is 9.58. The van der Waals surface area contributed by atoms with Gasteiger partial charge >= 0.3 is 33.9 Å². The minimum absolute atomic E-state index is 0. The molecule has 0 aliphatic heterocycles. The number of rotatable bonds is 1. The summed E-state index contributed by atoms with van der Waals surface area (Å²) in [5.41, 5.74) is -0.166. The van der Waals surface area contributed by atoms with Crippen molar-refractivity contribution in [2.45, 2.75) is 5.60 Å². The second-order valence-electron chi connectivity index (χ2n) is 2.85. The van der Waals surface area contributed by atoms with Crippen molar-refractivity contribution in [2.75, 3.05) is 0 Å². The first kappa shape index (κ1) is 22.5. The van der Waals surface area contributed by atoms with Gasteiger partial charge in [-0.1, -0.05) is 30.8 Å². The second-order valence-corrected chi connectivity index (χ2v) is 2.85. The Balaban J connectivity index is -0.000000325. The number of aliphatic hydroxyl groups is 1. The number of carbonyl (C=O) groups is 1. The minimum Gasteiger partial charge on any atom is 0 e. The molecule has 2 rings (SSSR count). The van der Waals surface area contributed by atoms with Crippen LogP contribution in [0.4, 0.5) is 0 Å². The topological polar surface area (TPSA) is 97.0 Å². The molecule has 0 fully saturated rings. The number of ketones is 1. The van der Waals surface area contributed by atoms with Crippen LogP contribution in [0.15, 0.2) is 36.9 Å². The van der Waals surface area contributed by atoms with Crippen LogP contribution in [0.3, 0.4) is 0 Å². The zero-order chi connectivity index (χ0) is 14.8. The molecule has 0 heterocycles. The van der Waals surface area contributed by atoms with E-state index < -0.39 is 5.60 Å². The van der Waals surface area contributed by atoms with Crippen LogP contribution >= 0.6 is 0 Å². The SMILES string of the molecule is C=CC1(O)C(=O)c2ccccc21.[C-]#[O+].[C-]#[O+].[C-]#[O+].[Cr]. The standard InChI is InChI=1S/C10H8O2.3CO.Cr/c1-2-10(12)8-6-4-3-5-7(8)9(10)11;3*1-2;/h2-6,12H,1H2;;;;. The van der Waals surface area contributed by atoms with Crippen molar-refractivity contribution in [3.8, 4) is 0 Å². The third-order valence-electron chi connectivity index (χ3n) is 2.22. The molecule has 0 saturated heterocycles. The number of benzene rings is 1. The van der Waals surface area contributed by atoms with Gasteiger partial charge in [-0.2, -0.15) is 0 Å². The largest absolute Gasteiger partial charge is 0 e. The van der Waals surface area contributed by atoms with E-state index in [2.05, 4.69) is 26.5 Å². The monoisotopic (exact) mass is 296 g/mol. The summed E-state index contributed by atoms with van der Waals surface area (Å²) in [7, 11) is 0. The minimum atomic E-state index is -1.42. The Morgan fingerprint density at radius 2 is 1.53 bits per heavy atom. The summed E-state index contributed by atoms with van der Waals surface area (Å²) in [4.78, 5) is 11.3. The Hall–Kier alpha value is -1.66. The zero-order valence-corrected chi connectivity index (χ0v) is 10.9. The molecule has 1 unspecified atom stereocenters. The first-order valence-electron chi connectivity index (χ1n) is 4.31. The first-order valence-corrected chi connectivity index (χ1v) is 4.31. The maximum absolute atomic E-state index is 11.3. The molecule has 1 atom stereocenters. The van der Waals surface area contributed by atoms with Gasteiger partial charge in [-0.25, -0.2) is 0 Å². The van der Waals surface area contributed by atoms with Gasteiger partial charge in [0.05, 0.1) is 0 Å². The second kappa shape index (κ2) is 11.4. The molecule has 0 radical (unpaired) electrons. The van der Waals surface area contributed by atoms with Crippen molar-refractivity contribution >= 4 is 5.78 Å². The molecule has 19 heavy (non-hydrogen) atoms. The smallest absolute Gasteiger partial charge is 0 e. The van der Waals surface area contributed by atoms with Crippen LogP contribution in [-0.4, -0.2) is 10.9 Å². The maximum Gasteiger partial charge on any atom is 0 e. The van der Waals surface area contributed by atoms with Crippen molar-refractivity contribution in [3.05, 3.63) is 68.0 Å². The summed E-state index contributed by atoms with van der Waals surface area (Å²) in [5, 5.41) is 9.67. The number of hydrogen-bond acceptors (Lipinski definition) is 2. The fraction of sp³-hybridized carbons (Fsp3) is 0.0769. The maximum atomic E-state index is 11.3. The Morgan fingerprint density at radius 1 is 1.11 bits per heavy atom. The predicted molar refractivity (Wildman–Crippen MR) is 56.7 cm³/mol. The van der Waals surface area contributed by atoms with Gasteiger partial charge < -0.3 is 5.11 Å². The molecule has 6 heteroatoms. The van der Waals surface area contributed by atoms with Crippen molar-refractivity contribution < 1.29 is 41.2 Å². The molecule has 5 nitrogen and oxygen atoms in total. The van der Waals surface area contributed by atoms with Crippen molar-refractivity contribution in [1.82, 2.24) is 0 Å². The van der Waals surface area contributed by atoms with E-state index in [9.17, 15) is 9.90 Å². The Bertz CT molecular complexity index is 475. The van der Waals surface area contributed by atoms with Gasteiger partial charge in [0, 0.05) is 28.5 Å². The summed E-state index contributed by atoms with van der Waals surface area (Å²) in [6.07, 6.45) is 1.28. The molecule has 1 aromatic carbocycles. The summed E-state index contributed by atoms with van der Waals surface area (Å²) in [6.45, 7) is 16.9. The molecule has 0 aromatic heterocycles. The fourth-order valence-corrected chi connectivity index (χ4v) is 1.48. The van der Waals surface area contributed by atoms with Gasteiger partial charge in [0.2, 0.25) is 5.78 Å². The van der Waals surface area contributed by atoms with Crippen molar-refractivity contribution in [2.24, 2.45) is 0 Å². The summed E-state index contributed by atoms with van der Waals surface area (Å²) < 4.78 is 22.5. The fourth-order valence-electron chi connectivity index (χ4n) is 1.48. The molecular formula is C13H8CrO5. The normalized spacial score (nSPS) is 16.7. The molecule has 1 aromatic rings. The van der Waals surface area contributed by atoms with Gasteiger partial charge in [0.1, 0.15) is 0 Å². The van der Waals surface area contributed by atoms with E-state index in [-0.39, 0.29) is 23.1 Å². The number of carbonyl (C=O) groups excluding carboxylic acids is 1. The molecule has 0 spiro atoms. The molecule has 96 valence electrons. The Labute approximate surface area is 121 Å². The average Bonchev–Trinajstić information content (AvgIpc) is 2.52. The van der Waals surface area contributed by atoms with Crippen LogP contribution in [0.1, 0.15) is 15.9 Å². The third-order valence-corrected chi connectivity index (χ3v) is 2.22. The van der Waals surface area contributed by atoms with E-state index >= 15 is 0 Å². The molecule has 0 saturated carbocycles. The Morgan fingerprint density at radius 3 is 1.95 bits per heavy atom. The molecule has 0 amide bonds. The number of fused-ring (bicyclic) bond motifs is 1. The molecule has 1 aliphatic rings. The van der Waals surface area contributed by atoms with Crippen LogP contribution in [0, 0.1) is 20.0 Å². The van der Waals surface area contributed by atoms with Gasteiger partial charge in [0.25, 0.3) is 0 Å². The van der Waals surface area contributed by atoms with Crippen molar-refractivity contribution in [3.63, 3.8) is 0 Å². The van der Waals surface area contributed by atoms with Gasteiger partial charge in [-0.3, -0.25) is 4.79 Å². The number of Topliss-reactive ketones (excluding diaryl/α,β-unsaturated/α-hetero) is 1. The molecule has 1 N–H and O–H groups in total. The first-order chi connectivity index (χ1) is 8.70. The summed E-state index contributed by atoms with van der Waals surface area (Å²) in [6, 6.07) is 7.01. The van der Waals surface area contributed by atoms with Gasteiger partial charge in [-0.15, -0.1) is 0 Å². The average molecular weight is 296 g/mol. The van der Waals surface area contributed by atoms with Crippen LogP contribution < -0.4 is 0 Å². The van der Waals surface area contributed by atoms with E-state index in [1.54, 1.807) is 24.3 Å². The van der Waals surface area contributed by atoms with Gasteiger partial charge in [-0.05, 0) is 6.08 Å². The summed E-state index contributed by atoms with van der Waals surface area (Å²) >= 11 is 0. The van der Waals surface area contributed by atoms with Crippen molar-refractivity contribution in [1.29, 1.82) is 0 Å². The summed E-state index contributed by atoms with van der Waals surface area (Å²) in [5.74, 6) is -0.256. The number of hydrogen-bond donors (Lipinski definition) is 1. The van der Waals surface area contributed by atoms with E-state index in [1.807, 2.05) is 0 Å². The quantitative estimate of drug-likeness (QED) is 0.477. The third kappa shape index (κ3) is 4.18. The molecular weight excluding hydrogens is 288 g/mol. The van der Waals surface area contributed by atoms with Gasteiger partial charge in [0.15, 0.2) is 5.60 Å².